The Morgan fingerprint density at radius 2 is 1.82 bits per heavy atom. The Bertz CT molecular complexity index is 333. The second-order valence-corrected chi connectivity index (χ2v) is 5.48. The molecule has 0 aromatic heterocycles. The summed E-state index contributed by atoms with van der Waals surface area (Å²) in [5.74, 6) is 1.64. The molecule has 0 aliphatic carbocycles. The van der Waals surface area contributed by atoms with E-state index in [0.717, 1.165) is 12.3 Å². The summed E-state index contributed by atoms with van der Waals surface area (Å²) < 4.78 is 5.64. The summed E-state index contributed by atoms with van der Waals surface area (Å²) in [5.41, 5.74) is 1.42. The van der Waals surface area contributed by atoms with Gasteiger partial charge in [-0.1, -0.05) is 26.0 Å². The van der Waals surface area contributed by atoms with Gasteiger partial charge in [-0.2, -0.15) is 12.6 Å². The molecule has 3 heteroatoms. The van der Waals surface area contributed by atoms with Gasteiger partial charge in [-0.3, -0.25) is 0 Å². The lowest BCUT2D eigenvalue weighted by molar-refractivity contribution is 0.242. The van der Waals surface area contributed by atoms with Crippen LogP contribution in [-0.4, -0.2) is 18.5 Å². The molecule has 0 radical (unpaired) electrons. The first-order valence-corrected chi connectivity index (χ1v) is 6.68. The average molecular weight is 253 g/mol. The maximum Gasteiger partial charge on any atom is 0.119 e. The second-order valence-electron chi connectivity index (χ2n) is 5.16. The molecule has 96 valence electrons. The Hall–Kier alpha value is -0.670. The first-order valence-electron chi connectivity index (χ1n) is 6.04. The summed E-state index contributed by atoms with van der Waals surface area (Å²) in [4.78, 5) is 0. The van der Waals surface area contributed by atoms with Crippen molar-refractivity contribution in [1.82, 2.24) is 5.32 Å². The van der Waals surface area contributed by atoms with Gasteiger partial charge in [-0.25, -0.2) is 0 Å². The SMILES string of the molecule is CC(C)Oc1ccc(C(C)(C)CNCS)cc1. The van der Waals surface area contributed by atoms with E-state index in [0.29, 0.717) is 5.88 Å². The van der Waals surface area contributed by atoms with E-state index in [1.807, 2.05) is 26.0 Å². The van der Waals surface area contributed by atoms with Crippen molar-refractivity contribution in [3.05, 3.63) is 29.8 Å². The van der Waals surface area contributed by atoms with Gasteiger partial charge in [0.2, 0.25) is 0 Å². The molecule has 0 heterocycles. The molecule has 1 rings (SSSR count). The first-order chi connectivity index (χ1) is 7.95. The highest BCUT2D eigenvalue weighted by atomic mass is 32.1. The van der Waals surface area contributed by atoms with Crippen LogP contribution in [0.25, 0.3) is 0 Å². The molecule has 0 saturated carbocycles. The van der Waals surface area contributed by atoms with Crippen LogP contribution in [0.15, 0.2) is 24.3 Å². The molecule has 0 amide bonds. The number of ether oxygens (including phenoxy) is 1. The van der Waals surface area contributed by atoms with Gasteiger partial charge in [0.1, 0.15) is 5.75 Å². The van der Waals surface area contributed by atoms with E-state index in [2.05, 4.69) is 43.9 Å². The van der Waals surface area contributed by atoms with Gasteiger partial charge < -0.3 is 10.1 Å². The van der Waals surface area contributed by atoms with Crippen LogP contribution in [0, 0.1) is 0 Å². The standard InChI is InChI=1S/C14H23NOS/c1-11(2)16-13-7-5-12(6-8-13)14(3,4)9-15-10-17/h5-8,11,15,17H,9-10H2,1-4H3. The Labute approximate surface area is 110 Å². The number of benzene rings is 1. The van der Waals surface area contributed by atoms with Crippen molar-refractivity contribution in [1.29, 1.82) is 0 Å². The Morgan fingerprint density at radius 1 is 1.24 bits per heavy atom. The Kier molecular flexibility index (Phi) is 5.34. The lowest BCUT2D eigenvalue weighted by Gasteiger charge is -2.25. The van der Waals surface area contributed by atoms with Crippen LogP contribution in [0.5, 0.6) is 5.75 Å². The fourth-order valence-electron chi connectivity index (χ4n) is 1.73. The molecule has 0 aliphatic rings. The number of nitrogens with one attached hydrogen (secondary N) is 1. The molecule has 17 heavy (non-hydrogen) atoms. The molecular formula is C14H23NOS. The number of hydrogen-bond acceptors (Lipinski definition) is 3. The third kappa shape index (κ3) is 4.60. The molecule has 0 saturated heterocycles. The van der Waals surface area contributed by atoms with Crippen LogP contribution in [0.4, 0.5) is 0 Å². The van der Waals surface area contributed by atoms with Crippen LogP contribution in [-0.2, 0) is 5.41 Å². The predicted molar refractivity (Wildman–Crippen MR) is 77.1 cm³/mol. The molecule has 1 aromatic rings. The molecule has 1 N–H and O–H groups in total. The predicted octanol–water partition coefficient (Wildman–Crippen LogP) is 3.23. The zero-order valence-corrected chi connectivity index (χ0v) is 12.1. The van der Waals surface area contributed by atoms with Gasteiger partial charge in [-0.15, -0.1) is 0 Å². The van der Waals surface area contributed by atoms with Crippen LogP contribution in [0.1, 0.15) is 33.3 Å². The Morgan fingerprint density at radius 3 is 2.29 bits per heavy atom. The van der Waals surface area contributed by atoms with Crippen LogP contribution in [0.2, 0.25) is 0 Å². The molecule has 0 spiro atoms. The normalized spacial score (nSPS) is 11.9. The average Bonchev–Trinajstić information content (AvgIpc) is 2.26. The van der Waals surface area contributed by atoms with Gasteiger partial charge in [-0.05, 0) is 31.5 Å². The lowest BCUT2D eigenvalue weighted by atomic mass is 9.84. The lowest BCUT2D eigenvalue weighted by Crippen LogP contribution is -2.32. The highest BCUT2D eigenvalue weighted by Crippen LogP contribution is 2.24. The van der Waals surface area contributed by atoms with Crippen molar-refractivity contribution in [2.24, 2.45) is 0 Å². The summed E-state index contributed by atoms with van der Waals surface area (Å²) in [6.45, 7) is 9.44. The van der Waals surface area contributed by atoms with Crippen molar-refractivity contribution >= 4 is 12.6 Å². The summed E-state index contributed by atoms with van der Waals surface area (Å²) in [5, 5.41) is 3.27. The fraction of sp³-hybridized carbons (Fsp3) is 0.571. The molecule has 0 fully saturated rings. The van der Waals surface area contributed by atoms with E-state index in [4.69, 9.17) is 4.74 Å². The first kappa shape index (κ1) is 14.4. The third-order valence-corrected chi connectivity index (χ3v) is 2.91. The quantitative estimate of drug-likeness (QED) is 0.600. The van der Waals surface area contributed by atoms with Crippen LogP contribution < -0.4 is 10.1 Å². The smallest absolute Gasteiger partial charge is 0.119 e. The summed E-state index contributed by atoms with van der Waals surface area (Å²) in [6, 6.07) is 8.35. The molecule has 2 nitrogen and oxygen atoms in total. The number of hydrogen-bond donors (Lipinski definition) is 2. The molecule has 0 atom stereocenters. The largest absolute Gasteiger partial charge is 0.491 e. The van der Waals surface area contributed by atoms with Gasteiger partial charge in [0.05, 0.1) is 6.10 Å². The maximum atomic E-state index is 5.64. The van der Waals surface area contributed by atoms with E-state index in [9.17, 15) is 0 Å². The summed E-state index contributed by atoms with van der Waals surface area (Å²) in [7, 11) is 0. The zero-order valence-electron chi connectivity index (χ0n) is 11.2. The fourth-order valence-corrected chi connectivity index (χ4v) is 1.84. The van der Waals surface area contributed by atoms with E-state index < -0.39 is 0 Å². The molecular weight excluding hydrogens is 230 g/mol. The topological polar surface area (TPSA) is 21.3 Å². The van der Waals surface area contributed by atoms with Crippen molar-refractivity contribution in [2.75, 3.05) is 12.4 Å². The van der Waals surface area contributed by atoms with E-state index >= 15 is 0 Å². The number of thiol groups is 1. The van der Waals surface area contributed by atoms with Gasteiger partial charge >= 0.3 is 0 Å². The van der Waals surface area contributed by atoms with Crippen LogP contribution >= 0.6 is 12.6 Å². The highest BCUT2D eigenvalue weighted by molar-refractivity contribution is 7.80. The highest BCUT2D eigenvalue weighted by Gasteiger charge is 2.19. The zero-order chi connectivity index (χ0) is 12.9. The monoisotopic (exact) mass is 253 g/mol. The van der Waals surface area contributed by atoms with Crippen molar-refractivity contribution in [2.45, 2.75) is 39.2 Å². The second kappa shape index (κ2) is 6.31. The van der Waals surface area contributed by atoms with Gasteiger partial charge in [0.25, 0.3) is 0 Å². The van der Waals surface area contributed by atoms with Crippen molar-refractivity contribution < 1.29 is 4.74 Å². The summed E-state index contributed by atoms with van der Waals surface area (Å²) in [6.07, 6.45) is 0.222. The van der Waals surface area contributed by atoms with Crippen molar-refractivity contribution in [3.63, 3.8) is 0 Å². The molecule has 1 aromatic carbocycles. The number of rotatable bonds is 6. The minimum Gasteiger partial charge on any atom is -0.491 e. The maximum absolute atomic E-state index is 5.64. The minimum atomic E-state index is 0.110. The molecule has 0 bridgehead atoms. The van der Waals surface area contributed by atoms with Crippen LogP contribution in [0.3, 0.4) is 0 Å². The van der Waals surface area contributed by atoms with Crippen molar-refractivity contribution in [3.8, 4) is 5.75 Å². The van der Waals surface area contributed by atoms with E-state index in [-0.39, 0.29) is 11.5 Å². The van der Waals surface area contributed by atoms with Gasteiger partial charge in [0, 0.05) is 17.8 Å². The van der Waals surface area contributed by atoms with Gasteiger partial charge in [0.15, 0.2) is 0 Å². The minimum absolute atomic E-state index is 0.110. The molecule has 0 unspecified atom stereocenters. The summed E-state index contributed by atoms with van der Waals surface area (Å²) >= 11 is 4.17. The third-order valence-electron chi connectivity index (χ3n) is 2.69. The van der Waals surface area contributed by atoms with E-state index in [1.165, 1.54) is 5.56 Å². The Balaban J connectivity index is 2.72. The van der Waals surface area contributed by atoms with E-state index in [1.54, 1.807) is 0 Å². The molecule has 0 aliphatic heterocycles.